The number of amidine groups is 1. The smallest absolute Gasteiger partial charge is 0.137 e. The maximum absolute atomic E-state index is 13.7. The van der Waals surface area contributed by atoms with E-state index in [1.807, 2.05) is 0 Å². The van der Waals surface area contributed by atoms with Crippen LogP contribution in [0, 0.1) is 11.2 Å². The van der Waals surface area contributed by atoms with Crippen LogP contribution in [0.2, 0.25) is 0 Å². The molecule has 0 heterocycles. The molecule has 19 heavy (non-hydrogen) atoms. The third-order valence-electron chi connectivity index (χ3n) is 2.54. The molecule has 0 aliphatic heterocycles. The summed E-state index contributed by atoms with van der Waals surface area (Å²) in [6.45, 7) is 0. The quantitative estimate of drug-likeness (QED) is 0.665. The third-order valence-corrected chi connectivity index (χ3v) is 3.64. The number of methoxy groups -OCH3 is 1. The second-order valence-corrected chi connectivity index (χ2v) is 4.89. The zero-order chi connectivity index (χ0) is 13.8. The lowest BCUT2D eigenvalue weighted by atomic mass is 10.2. The van der Waals surface area contributed by atoms with E-state index in [0.29, 0.717) is 21.1 Å². The lowest BCUT2D eigenvalue weighted by Gasteiger charge is -2.10. The molecule has 0 aliphatic rings. The Balaban J connectivity index is 2.43. The van der Waals surface area contributed by atoms with Crippen LogP contribution in [-0.2, 0) is 0 Å². The van der Waals surface area contributed by atoms with Crippen LogP contribution in [0.3, 0.4) is 0 Å². The molecule has 0 spiro atoms. The predicted octanol–water partition coefficient (Wildman–Crippen LogP) is 3.27. The van der Waals surface area contributed by atoms with E-state index < -0.39 is 0 Å². The third kappa shape index (κ3) is 3.06. The van der Waals surface area contributed by atoms with Gasteiger partial charge in [-0.1, -0.05) is 23.9 Å². The fraction of sp³-hybridized carbons (Fsp3) is 0.0714. The maximum Gasteiger partial charge on any atom is 0.137 e. The molecule has 2 rings (SSSR count). The molecule has 0 bridgehead atoms. The summed E-state index contributed by atoms with van der Waals surface area (Å²) in [5.74, 6) is 0.287. The van der Waals surface area contributed by atoms with Crippen molar-refractivity contribution in [2.75, 3.05) is 7.11 Å². The van der Waals surface area contributed by atoms with E-state index >= 15 is 0 Å². The number of hydrogen-bond donors (Lipinski definition) is 2. The largest absolute Gasteiger partial charge is 0.497 e. The van der Waals surface area contributed by atoms with Crippen LogP contribution in [0.25, 0.3) is 0 Å². The molecule has 0 aromatic heterocycles. The standard InChI is InChI=1S/C14H13FN2OS/c1-18-9-6-7-10(14(16)17)13(8-9)19-12-5-3-2-4-11(12)15/h2-8H,1H3,(H3,16,17). The monoisotopic (exact) mass is 276 g/mol. The topological polar surface area (TPSA) is 59.1 Å². The first-order valence-corrected chi connectivity index (χ1v) is 6.38. The van der Waals surface area contributed by atoms with Gasteiger partial charge >= 0.3 is 0 Å². The Labute approximate surface area is 115 Å². The zero-order valence-electron chi connectivity index (χ0n) is 10.3. The van der Waals surface area contributed by atoms with E-state index in [1.54, 1.807) is 43.5 Å². The lowest BCUT2D eigenvalue weighted by molar-refractivity contribution is 0.413. The van der Waals surface area contributed by atoms with Crippen molar-refractivity contribution in [3.63, 3.8) is 0 Å². The van der Waals surface area contributed by atoms with Crippen molar-refractivity contribution in [2.24, 2.45) is 5.73 Å². The number of ether oxygens (including phenoxy) is 1. The Bertz CT molecular complexity index is 616. The molecule has 3 nitrogen and oxygen atoms in total. The highest BCUT2D eigenvalue weighted by atomic mass is 32.2. The van der Waals surface area contributed by atoms with Gasteiger partial charge in [-0.2, -0.15) is 0 Å². The van der Waals surface area contributed by atoms with Crippen LogP contribution < -0.4 is 10.5 Å². The fourth-order valence-corrected chi connectivity index (χ4v) is 2.59. The number of benzene rings is 2. The Morgan fingerprint density at radius 1 is 1.21 bits per heavy atom. The molecule has 0 radical (unpaired) electrons. The molecule has 0 atom stereocenters. The molecule has 0 unspecified atom stereocenters. The second kappa shape index (κ2) is 5.75. The number of rotatable bonds is 4. The van der Waals surface area contributed by atoms with Gasteiger partial charge in [0.2, 0.25) is 0 Å². The van der Waals surface area contributed by atoms with Crippen molar-refractivity contribution < 1.29 is 9.13 Å². The van der Waals surface area contributed by atoms with Crippen molar-refractivity contribution in [1.29, 1.82) is 5.41 Å². The van der Waals surface area contributed by atoms with Crippen molar-refractivity contribution >= 4 is 17.6 Å². The predicted molar refractivity (Wildman–Crippen MR) is 74.5 cm³/mol. The molecular formula is C14H13FN2OS. The zero-order valence-corrected chi connectivity index (χ0v) is 11.1. The summed E-state index contributed by atoms with van der Waals surface area (Å²) in [6.07, 6.45) is 0. The number of halogens is 1. The van der Waals surface area contributed by atoms with Gasteiger partial charge in [0, 0.05) is 15.4 Å². The van der Waals surface area contributed by atoms with E-state index in [-0.39, 0.29) is 11.7 Å². The summed E-state index contributed by atoms with van der Waals surface area (Å²) in [4.78, 5) is 1.18. The van der Waals surface area contributed by atoms with Gasteiger partial charge in [-0.25, -0.2) is 4.39 Å². The summed E-state index contributed by atoms with van der Waals surface area (Å²) < 4.78 is 18.8. The summed E-state index contributed by atoms with van der Waals surface area (Å²) in [6, 6.07) is 11.6. The average molecular weight is 276 g/mol. The van der Waals surface area contributed by atoms with Crippen LogP contribution in [0.4, 0.5) is 4.39 Å². The molecular weight excluding hydrogens is 263 g/mol. The van der Waals surface area contributed by atoms with E-state index in [4.69, 9.17) is 15.9 Å². The first-order chi connectivity index (χ1) is 9.11. The van der Waals surface area contributed by atoms with Gasteiger partial charge in [0.15, 0.2) is 0 Å². The van der Waals surface area contributed by atoms with Crippen LogP contribution in [0.15, 0.2) is 52.3 Å². The molecule has 0 aliphatic carbocycles. The van der Waals surface area contributed by atoms with Crippen molar-refractivity contribution in [2.45, 2.75) is 9.79 Å². The number of hydrogen-bond acceptors (Lipinski definition) is 3. The van der Waals surface area contributed by atoms with Crippen LogP contribution >= 0.6 is 11.8 Å². The first-order valence-electron chi connectivity index (χ1n) is 5.56. The number of nitrogens with one attached hydrogen (secondary N) is 1. The van der Waals surface area contributed by atoms with Crippen LogP contribution in [0.5, 0.6) is 5.75 Å². The second-order valence-electron chi connectivity index (χ2n) is 3.81. The lowest BCUT2D eigenvalue weighted by Crippen LogP contribution is -2.12. The van der Waals surface area contributed by atoms with Gasteiger partial charge in [-0.3, -0.25) is 5.41 Å². The van der Waals surface area contributed by atoms with Gasteiger partial charge in [0.25, 0.3) is 0 Å². The van der Waals surface area contributed by atoms with Crippen LogP contribution in [0.1, 0.15) is 5.56 Å². The summed E-state index contributed by atoms with van der Waals surface area (Å²) >= 11 is 1.22. The van der Waals surface area contributed by atoms with Gasteiger partial charge in [-0.05, 0) is 30.3 Å². The molecule has 3 N–H and O–H groups in total. The van der Waals surface area contributed by atoms with Crippen molar-refractivity contribution in [3.8, 4) is 5.75 Å². The molecule has 5 heteroatoms. The van der Waals surface area contributed by atoms with Crippen molar-refractivity contribution in [1.82, 2.24) is 0 Å². The van der Waals surface area contributed by atoms with Gasteiger partial charge in [-0.15, -0.1) is 0 Å². The highest BCUT2D eigenvalue weighted by Gasteiger charge is 2.11. The van der Waals surface area contributed by atoms with E-state index in [0.717, 1.165) is 0 Å². The minimum absolute atomic E-state index is 0.0542. The first kappa shape index (κ1) is 13.4. The molecule has 98 valence electrons. The molecule has 0 saturated carbocycles. The fourth-order valence-electron chi connectivity index (χ4n) is 1.58. The highest BCUT2D eigenvalue weighted by molar-refractivity contribution is 7.99. The Morgan fingerprint density at radius 3 is 2.58 bits per heavy atom. The minimum atomic E-state index is -0.301. The molecule has 2 aromatic rings. The number of nitrogen functional groups attached to an aromatic ring is 1. The SMILES string of the molecule is COc1ccc(C(=N)N)c(Sc2ccccc2F)c1. The molecule has 0 amide bonds. The normalized spacial score (nSPS) is 10.2. The Morgan fingerprint density at radius 2 is 1.95 bits per heavy atom. The average Bonchev–Trinajstić information content (AvgIpc) is 2.41. The van der Waals surface area contributed by atoms with Crippen molar-refractivity contribution in [3.05, 3.63) is 53.8 Å². The van der Waals surface area contributed by atoms with E-state index in [2.05, 4.69) is 0 Å². The van der Waals surface area contributed by atoms with Gasteiger partial charge in [0.1, 0.15) is 17.4 Å². The molecule has 0 fully saturated rings. The maximum atomic E-state index is 13.7. The molecule has 2 aromatic carbocycles. The number of nitrogens with two attached hydrogens (primary N) is 1. The van der Waals surface area contributed by atoms with E-state index in [9.17, 15) is 4.39 Å². The van der Waals surface area contributed by atoms with Gasteiger partial charge in [0.05, 0.1) is 7.11 Å². The van der Waals surface area contributed by atoms with Crippen LogP contribution in [-0.4, -0.2) is 12.9 Å². The highest BCUT2D eigenvalue weighted by Crippen LogP contribution is 2.34. The van der Waals surface area contributed by atoms with Gasteiger partial charge < -0.3 is 10.5 Å². The Kier molecular flexibility index (Phi) is 4.06. The van der Waals surface area contributed by atoms with E-state index in [1.165, 1.54) is 17.8 Å². The molecule has 0 saturated heterocycles. The minimum Gasteiger partial charge on any atom is -0.497 e. The summed E-state index contributed by atoms with van der Waals surface area (Å²) in [5.41, 5.74) is 6.10. The Hall–Kier alpha value is -2.01. The summed E-state index contributed by atoms with van der Waals surface area (Å²) in [5, 5.41) is 7.55. The summed E-state index contributed by atoms with van der Waals surface area (Å²) in [7, 11) is 1.56.